The maximum absolute atomic E-state index is 5.54. The summed E-state index contributed by atoms with van der Waals surface area (Å²) in [6, 6.07) is 2.05. The van der Waals surface area contributed by atoms with Crippen molar-refractivity contribution in [1.82, 2.24) is 20.6 Å². The molecular formula is C16H24IN5O. The van der Waals surface area contributed by atoms with Crippen LogP contribution in [0.5, 0.6) is 0 Å². The summed E-state index contributed by atoms with van der Waals surface area (Å²) in [5, 5.41) is 6.48. The van der Waals surface area contributed by atoms with Crippen molar-refractivity contribution in [1.29, 1.82) is 0 Å². The predicted octanol–water partition coefficient (Wildman–Crippen LogP) is 2.52. The number of aryl methyl sites for hydroxylation is 3. The molecule has 2 heterocycles. The minimum Gasteiger partial charge on any atom is -0.444 e. The molecule has 0 atom stereocenters. The van der Waals surface area contributed by atoms with Crippen LogP contribution in [0.25, 0.3) is 0 Å². The molecule has 23 heavy (non-hydrogen) atoms. The summed E-state index contributed by atoms with van der Waals surface area (Å²) in [6.07, 6.45) is 4.63. The average Bonchev–Trinajstić information content (AvgIpc) is 2.83. The van der Waals surface area contributed by atoms with Gasteiger partial charge in [0.2, 0.25) is 5.89 Å². The predicted molar refractivity (Wildman–Crippen MR) is 102 cm³/mol. The van der Waals surface area contributed by atoms with E-state index < -0.39 is 0 Å². The van der Waals surface area contributed by atoms with Crippen LogP contribution < -0.4 is 10.6 Å². The van der Waals surface area contributed by atoms with Gasteiger partial charge in [0.05, 0.1) is 12.2 Å². The van der Waals surface area contributed by atoms with Crippen molar-refractivity contribution in [2.75, 3.05) is 13.6 Å². The van der Waals surface area contributed by atoms with Gasteiger partial charge in [-0.2, -0.15) is 0 Å². The number of hydrogen-bond donors (Lipinski definition) is 2. The number of guanidine groups is 1. The molecule has 0 unspecified atom stereocenters. The van der Waals surface area contributed by atoms with Gasteiger partial charge in [0.15, 0.2) is 5.96 Å². The number of nitrogens with one attached hydrogen (secondary N) is 2. The lowest BCUT2D eigenvalue weighted by Crippen LogP contribution is -2.38. The highest BCUT2D eigenvalue weighted by Crippen LogP contribution is 2.07. The normalized spacial score (nSPS) is 11.0. The SMILES string of the molecule is CN=C(NCCc1ccncc1C)NCc1nc(C)c(C)o1.I. The lowest BCUT2D eigenvalue weighted by molar-refractivity contribution is 0.464. The second kappa shape index (κ2) is 9.49. The summed E-state index contributed by atoms with van der Waals surface area (Å²) < 4.78 is 5.54. The van der Waals surface area contributed by atoms with Crippen LogP contribution in [-0.2, 0) is 13.0 Å². The Morgan fingerprint density at radius 3 is 2.65 bits per heavy atom. The van der Waals surface area contributed by atoms with Gasteiger partial charge in [0, 0.05) is 26.0 Å². The van der Waals surface area contributed by atoms with Crippen LogP contribution in [-0.4, -0.2) is 29.5 Å². The number of hydrogen-bond acceptors (Lipinski definition) is 4. The van der Waals surface area contributed by atoms with E-state index in [9.17, 15) is 0 Å². The highest BCUT2D eigenvalue weighted by atomic mass is 127. The van der Waals surface area contributed by atoms with Gasteiger partial charge in [-0.05, 0) is 44.4 Å². The first-order chi connectivity index (χ1) is 10.6. The van der Waals surface area contributed by atoms with Gasteiger partial charge in [-0.1, -0.05) is 0 Å². The third-order valence-electron chi connectivity index (χ3n) is 3.53. The monoisotopic (exact) mass is 429 g/mol. The molecule has 0 amide bonds. The molecule has 0 fully saturated rings. The van der Waals surface area contributed by atoms with Crippen LogP contribution in [0.1, 0.15) is 28.5 Å². The second-order valence-electron chi connectivity index (χ2n) is 5.15. The van der Waals surface area contributed by atoms with E-state index in [-0.39, 0.29) is 24.0 Å². The number of halogens is 1. The van der Waals surface area contributed by atoms with Gasteiger partial charge in [-0.3, -0.25) is 9.98 Å². The van der Waals surface area contributed by atoms with Gasteiger partial charge in [0.1, 0.15) is 5.76 Å². The zero-order chi connectivity index (χ0) is 15.9. The van der Waals surface area contributed by atoms with Crippen LogP contribution in [0.4, 0.5) is 0 Å². The van der Waals surface area contributed by atoms with Crippen molar-refractivity contribution >= 4 is 29.9 Å². The van der Waals surface area contributed by atoms with Gasteiger partial charge in [-0.25, -0.2) is 4.98 Å². The highest BCUT2D eigenvalue weighted by Gasteiger charge is 2.06. The Kier molecular flexibility index (Phi) is 8.01. The molecule has 0 aliphatic rings. The Morgan fingerprint density at radius 1 is 1.26 bits per heavy atom. The third-order valence-corrected chi connectivity index (χ3v) is 3.53. The maximum atomic E-state index is 5.54. The first-order valence-corrected chi connectivity index (χ1v) is 7.37. The van der Waals surface area contributed by atoms with Crippen molar-refractivity contribution < 1.29 is 4.42 Å². The lowest BCUT2D eigenvalue weighted by atomic mass is 10.1. The topological polar surface area (TPSA) is 75.3 Å². The fourth-order valence-corrected chi connectivity index (χ4v) is 2.09. The molecule has 0 radical (unpaired) electrons. The molecule has 126 valence electrons. The molecule has 6 nitrogen and oxygen atoms in total. The van der Waals surface area contributed by atoms with Crippen LogP contribution in [0.3, 0.4) is 0 Å². The zero-order valence-electron chi connectivity index (χ0n) is 14.0. The van der Waals surface area contributed by atoms with Gasteiger partial charge in [-0.15, -0.1) is 24.0 Å². The maximum Gasteiger partial charge on any atom is 0.214 e. The molecule has 0 aromatic carbocycles. The smallest absolute Gasteiger partial charge is 0.214 e. The summed E-state index contributed by atoms with van der Waals surface area (Å²) in [5.41, 5.74) is 3.42. The largest absolute Gasteiger partial charge is 0.444 e. The molecule has 0 spiro atoms. The standard InChI is InChI=1S/C16H23N5O.HI/c1-11-9-18-7-5-14(11)6-8-19-16(17-4)20-10-15-21-12(2)13(3)22-15;/h5,7,9H,6,8,10H2,1-4H3,(H2,17,19,20);1H. The fraction of sp³-hybridized carbons (Fsp3) is 0.438. The van der Waals surface area contributed by atoms with Crippen molar-refractivity contribution in [3.05, 3.63) is 46.9 Å². The molecule has 0 aliphatic heterocycles. The number of nitrogens with zero attached hydrogens (tertiary/aromatic N) is 3. The summed E-state index contributed by atoms with van der Waals surface area (Å²) >= 11 is 0. The van der Waals surface area contributed by atoms with E-state index in [1.54, 1.807) is 7.05 Å². The van der Waals surface area contributed by atoms with Crippen LogP contribution in [0, 0.1) is 20.8 Å². The average molecular weight is 429 g/mol. The van der Waals surface area contributed by atoms with Crippen molar-refractivity contribution in [3.8, 4) is 0 Å². The molecule has 0 saturated heterocycles. The highest BCUT2D eigenvalue weighted by molar-refractivity contribution is 14.0. The minimum atomic E-state index is 0. The van der Waals surface area contributed by atoms with Gasteiger partial charge >= 0.3 is 0 Å². The number of oxazole rings is 1. The fourth-order valence-electron chi connectivity index (χ4n) is 2.09. The zero-order valence-corrected chi connectivity index (χ0v) is 16.3. The molecule has 2 aromatic heterocycles. The minimum absolute atomic E-state index is 0. The summed E-state index contributed by atoms with van der Waals surface area (Å²) in [5.74, 6) is 2.26. The van der Waals surface area contributed by atoms with E-state index in [1.165, 1.54) is 11.1 Å². The quantitative estimate of drug-likeness (QED) is 0.434. The van der Waals surface area contributed by atoms with Crippen LogP contribution in [0.2, 0.25) is 0 Å². The Morgan fingerprint density at radius 2 is 2.04 bits per heavy atom. The third kappa shape index (κ3) is 5.81. The lowest BCUT2D eigenvalue weighted by Gasteiger charge is -2.11. The Bertz CT molecular complexity index is 634. The number of aliphatic imine (C=N–C) groups is 1. The van der Waals surface area contributed by atoms with E-state index in [0.717, 1.165) is 30.4 Å². The molecule has 2 rings (SSSR count). The first kappa shape index (κ1) is 19.4. The molecule has 2 aromatic rings. The van der Waals surface area contributed by atoms with E-state index in [2.05, 4.69) is 32.5 Å². The van der Waals surface area contributed by atoms with Crippen molar-refractivity contribution in [2.24, 2.45) is 4.99 Å². The van der Waals surface area contributed by atoms with E-state index >= 15 is 0 Å². The van der Waals surface area contributed by atoms with Crippen molar-refractivity contribution in [3.63, 3.8) is 0 Å². The van der Waals surface area contributed by atoms with Crippen LogP contribution >= 0.6 is 24.0 Å². The summed E-state index contributed by atoms with van der Waals surface area (Å²) in [4.78, 5) is 12.6. The molecule has 0 bridgehead atoms. The first-order valence-electron chi connectivity index (χ1n) is 7.37. The molecule has 0 aliphatic carbocycles. The van der Waals surface area contributed by atoms with Gasteiger partial charge < -0.3 is 15.1 Å². The van der Waals surface area contributed by atoms with Gasteiger partial charge in [0.25, 0.3) is 0 Å². The van der Waals surface area contributed by atoms with Crippen molar-refractivity contribution in [2.45, 2.75) is 33.7 Å². The number of aromatic nitrogens is 2. The molecule has 7 heteroatoms. The molecule has 2 N–H and O–H groups in total. The second-order valence-corrected chi connectivity index (χ2v) is 5.15. The molecular weight excluding hydrogens is 405 g/mol. The summed E-state index contributed by atoms with van der Waals surface area (Å²) in [6.45, 7) is 7.24. The van der Waals surface area contributed by atoms with Crippen LogP contribution in [0.15, 0.2) is 27.9 Å². The van der Waals surface area contributed by atoms with E-state index in [1.807, 2.05) is 32.3 Å². The Labute approximate surface area is 154 Å². The van der Waals surface area contributed by atoms with E-state index in [0.29, 0.717) is 12.4 Å². The number of pyridine rings is 1. The van der Waals surface area contributed by atoms with E-state index in [4.69, 9.17) is 4.42 Å². The summed E-state index contributed by atoms with van der Waals surface area (Å²) in [7, 11) is 1.75. The Hall–Kier alpha value is -1.64. The Balaban J connectivity index is 0.00000264. The molecule has 0 saturated carbocycles. The number of rotatable bonds is 5.